The molecule has 41 heavy (non-hydrogen) atoms. The molecular formula is C25H20F3N9O4. The Hall–Kier alpha value is -5.15. The molecule has 0 unspecified atom stereocenters. The molecule has 4 aromatic heterocycles. The predicted octanol–water partition coefficient (Wildman–Crippen LogP) is 1.76. The second-order valence-corrected chi connectivity index (χ2v) is 9.80. The van der Waals surface area contributed by atoms with Crippen molar-refractivity contribution in [2.45, 2.75) is 38.0 Å². The third kappa shape index (κ3) is 4.18. The Labute approximate surface area is 227 Å². The largest absolute Gasteiger partial charge is 0.618 e. The van der Waals surface area contributed by atoms with Gasteiger partial charge in [0.2, 0.25) is 5.71 Å². The molecule has 0 saturated heterocycles. The van der Waals surface area contributed by atoms with E-state index in [2.05, 4.69) is 25.3 Å². The fourth-order valence-electron chi connectivity index (χ4n) is 4.73. The Balaban J connectivity index is 1.31. The lowest BCUT2D eigenvalue weighted by Crippen LogP contribution is -2.44. The van der Waals surface area contributed by atoms with Crippen molar-refractivity contribution >= 4 is 28.6 Å². The quantitative estimate of drug-likeness (QED) is 0.273. The summed E-state index contributed by atoms with van der Waals surface area (Å²) < 4.78 is 42.7. The maximum atomic E-state index is 13.5. The maximum absolute atomic E-state index is 13.5. The molecule has 13 nitrogen and oxygen atoms in total. The average Bonchev–Trinajstić information content (AvgIpc) is 3.64. The van der Waals surface area contributed by atoms with Crippen molar-refractivity contribution in [1.82, 2.24) is 33.6 Å². The summed E-state index contributed by atoms with van der Waals surface area (Å²) in [6.07, 6.45) is 2.63. The zero-order valence-electron chi connectivity index (χ0n) is 21.5. The Morgan fingerprint density at radius 3 is 2.54 bits per heavy atom. The number of pyridine rings is 1. The highest BCUT2D eigenvalue weighted by Crippen LogP contribution is 2.45. The summed E-state index contributed by atoms with van der Waals surface area (Å²) in [6, 6.07) is 2.02. The number of carbonyl (C=O) groups is 1. The van der Waals surface area contributed by atoms with Crippen LogP contribution in [0.1, 0.15) is 25.5 Å². The van der Waals surface area contributed by atoms with E-state index in [4.69, 9.17) is 0 Å². The number of aryl methyl sites for hydroxylation is 1. The van der Waals surface area contributed by atoms with Crippen LogP contribution in [-0.4, -0.2) is 50.0 Å². The van der Waals surface area contributed by atoms with Gasteiger partial charge in [-0.15, -0.1) is 0 Å². The highest BCUT2D eigenvalue weighted by Gasteiger charge is 2.53. The highest BCUT2D eigenvalue weighted by atomic mass is 19.4. The Bertz CT molecular complexity index is 1930. The first-order valence-corrected chi connectivity index (χ1v) is 12.3. The van der Waals surface area contributed by atoms with Gasteiger partial charge in [0.05, 0.1) is 30.5 Å². The van der Waals surface area contributed by atoms with E-state index in [1.807, 2.05) is 0 Å². The first-order chi connectivity index (χ1) is 19.4. The maximum Gasteiger partial charge on any atom is 0.433 e. The van der Waals surface area contributed by atoms with Crippen LogP contribution in [0.5, 0.6) is 0 Å². The molecule has 1 aliphatic heterocycles. The zero-order valence-corrected chi connectivity index (χ0v) is 21.5. The van der Waals surface area contributed by atoms with Gasteiger partial charge >= 0.3 is 11.9 Å². The molecule has 0 radical (unpaired) electrons. The molecule has 0 spiro atoms. The van der Waals surface area contributed by atoms with E-state index >= 15 is 0 Å². The molecule has 2 aliphatic rings. The van der Waals surface area contributed by atoms with Gasteiger partial charge in [-0.25, -0.2) is 19.3 Å². The van der Waals surface area contributed by atoms with Crippen LogP contribution in [0, 0.1) is 5.21 Å². The second-order valence-electron chi connectivity index (χ2n) is 9.80. The monoisotopic (exact) mass is 567 g/mol. The van der Waals surface area contributed by atoms with Gasteiger partial charge in [-0.1, -0.05) is 0 Å². The number of carbonyl (C=O) groups excluding carboxylic acids is 1. The van der Waals surface area contributed by atoms with Crippen LogP contribution in [0.2, 0.25) is 0 Å². The number of hydroxylamine groups is 1. The number of rotatable bonds is 6. The number of halogens is 3. The molecule has 1 amide bonds. The van der Waals surface area contributed by atoms with Gasteiger partial charge in [0.1, 0.15) is 17.8 Å². The molecule has 6 rings (SSSR count). The molecule has 1 N–H and O–H groups in total. The number of nitrogens with zero attached hydrogens (tertiary/aromatic N) is 8. The summed E-state index contributed by atoms with van der Waals surface area (Å²) in [7, 11) is 1.44. The van der Waals surface area contributed by atoms with Crippen LogP contribution in [0.3, 0.4) is 0 Å². The molecule has 0 bridgehead atoms. The van der Waals surface area contributed by atoms with Crippen LogP contribution in [0.4, 0.5) is 19.0 Å². The van der Waals surface area contributed by atoms with Crippen molar-refractivity contribution < 1.29 is 22.7 Å². The molecule has 0 atom stereocenters. The number of aromatic nitrogens is 7. The first-order valence-electron chi connectivity index (χ1n) is 12.3. The number of hydrogen-bond acceptors (Lipinski definition) is 8. The first kappa shape index (κ1) is 26.1. The summed E-state index contributed by atoms with van der Waals surface area (Å²) in [6.45, 7) is 1.36. The molecule has 5 heterocycles. The van der Waals surface area contributed by atoms with Crippen molar-refractivity contribution in [2.24, 2.45) is 7.05 Å². The average molecular weight is 567 g/mol. The molecule has 16 heteroatoms. The molecular weight excluding hydrogens is 547 g/mol. The number of imidazole rings is 1. The van der Waals surface area contributed by atoms with E-state index < -0.39 is 34.6 Å². The van der Waals surface area contributed by atoms with Crippen LogP contribution < -0.4 is 16.6 Å². The van der Waals surface area contributed by atoms with Crippen LogP contribution in [0.15, 0.2) is 58.4 Å². The number of nitrogens with one attached hydrogen (secondary N) is 1. The summed E-state index contributed by atoms with van der Waals surface area (Å²) in [4.78, 5) is 55.8. The molecule has 4 aromatic rings. The second kappa shape index (κ2) is 8.94. The summed E-state index contributed by atoms with van der Waals surface area (Å²) in [5.41, 5.74) is -2.38. The van der Waals surface area contributed by atoms with Gasteiger partial charge in [0, 0.05) is 25.7 Å². The molecule has 1 saturated carbocycles. The SMILES string of the molecule is CC1=CC(Cn2c(=O)c3c(ncn3C3(C(=O)Nc4cncc(-c5ccc(C(F)(F)F)nc5)n4)CC3)n(C)c2=O)=[N+]1[O-]. The lowest BCUT2D eigenvalue weighted by molar-refractivity contribution is -0.414. The Morgan fingerprint density at radius 1 is 1.17 bits per heavy atom. The summed E-state index contributed by atoms with van der Waals surface area (Å²) in [5.74, 6) is -0.488. The van der Waals surface area contributed by atoms with E-state index in [9.17, 15) is 32.8 Å². The number of fused-ring (bicyclic) bond motifs is 1. The fraction of sp³-hybridized carbons (Fsp3) is 0.280. The van der Waals surface area contributed by atoms with Crippen molar-refractivity contribution in [2.75, 3.05) is 5.32 Å². The van der Waals surface area contributed by atoms with Crippen molar-refractivity contribution in [3.8, 4) is 11.3 Å². The fourth-order valence-corrected chi connectivity index (χ4v) is 4.73. The van der Waals surface area contributed by atoms with Crippen molar-refractivity contribution in [3.63, 3.8) is 0 Å². The van der Waals surface area contributed by atoms with E-state index in [0.717, 1.165) is 16.8 Å². The number of hydrogen-bond donors (Lipinski definition) is 1. The van der Waals surface area contributed by atoms with Gasteiger partial charge in [0.15, 0.2) is 22.7 Å². The van der Waals surface area contributed by atoms with Crippen molar-refractivity contribution in [3.05, 3.63) is 80.6 Å². The minimum atomic E-state index is -4.59. The van der Waals surface area contributed by atoms with Gasteiger partial charge in [-0.3, -0.25) is 24.1 Å². The summed E-state index contributed by atoms with van der Waals surface area (Å²) >= 11 is 0. The highest BCUT2D eigenvalue weighted by molar-refractivity contribution is 5.99. The van der Waals surface area contributed by atoms with E-state index in [1.165, 1.54) is 41.0 Å². The molecule has 210 valence electrons. The number of anilines is 1. The van der Waals surface area contributed by atoms with Gasteiger partial charge in [0.25, 0.3) is 11.5 Å². The normalized spacial score (nSPS) is 16.0. The van der Waals surface area contributed by atoms with E-state index in [1.54, 1.807) is 13.0 Å². The molecule has 0 aromatic carbocycles. The van der Waals surface area contributed by atoms with Crippen LogP contribution in [-0.2, 0) is 30.1 Å². The van der Waals surface area contributed by atoms with Gasteiger partial charge in [-0.2, -0.15) is 17.9 Å². The Kier molecular flexibility index (Phi) is 5.69. The van der Waals surface area contributed by atoms with Crippen LogP contribution >= 0.6 is 0 Å². The molecule has 1 fully saturated rings. The van der Waals surface area contributed by atoms with Gasteiger partial charge in [-0.05, 0) is 25.0 Å². The standard InChI is InChI=1S/C25H20F3N9O4/c1-13-7-15(37(13)41)11-35-21(38)19-20(34(2)23(35)40)31-12-36(19)24(5-6-24)22(39)33-18-10-29-9-16(32-18)14-3-4-17(30-8-14)25(26,27)28/h3-4,7-10,12H,5-6,11H2,1-2H3,(H,32,33,39). The number of amides is 1. The Morgan fingerprint density at radius 2 is 1.93 bits per heavy atom. The van der Waals surface area contributed by atoms with E-state index in [-0.39, 0.29) is 40.5 Å². The van der Waals surface area contributed by atoms with Crippen LogP contribution in [0.25, 0.3) is 22.4 Å². The number of allylic oxidation sites excluding steroid dienone is 2. The smallest absolute Gasteiger partial charge is 0.433 e. The third-order valence-corrected chi connectivity index (χ3v) is 7.14. The van der Waals surface area contributed by atoms with Gasteiger partial charge < -0.3 is 15.1 Å². The zero-order chi connectivity index (χ0) is 29.3. The third-order valence-electron chi connectivity index (χ3n) is 7.14. The van der Waals surface area contributed by atoms with Crippen molar-refractivity contribution in [1.29, 1.82) is 0 Å². The lowest BCUT2D eigenvalue weighted by Gasteiger charge is -2.19. The van der Waals surface area contributed by atoms with E-state index in [0.29, 0.717) is 23.3 Å². The number of alkyl halides is 3. The molecule has 1 aliphatic carbocycles. The minimum Gasteiger partial charge on any atom is -0.618 e. The predicted molar refractivity (Wildman–Crippen MR) is 138 cm³/mol. The minimum absolute atomic E-state index is 0.0217. The summed E-state index contributed by atoms with van der Waals surface area (Å²) in [5, 5.41) is 14.7. The lowest BCUT2D eigenvalue weighted by atomic mass is 10.2. The topological polar surface area (TPSA) is 156 Å².